The first-order valence-corrected chi connectivity index (χ1v) is 12.4. The molecule has 0 aliphatic heterocycles. The first-order chi connectivity index (χ1) is 17.6. The van der Waals surface area contributed by atoms with Crippen LogP contribution in [0.15, 0.2) is 78.9 Å². The number of ether oxygens (including phenoxy) is 1. The molecule has 1 amide bonds. The highest BCUT2D eigenvalue weighted by Crippen LogP contribution is 2.28. The van der Waals surface area contributed by atoms with Gasteiger partial charge >= 0.3 is 0 Å². The van der Waals surface area contributed by atoms with Crippen LogP contribution in [-0.4, -0.2) is 42.1 Å². The van der Waals surface area contributed by atoms with Crippen molar-refractivity contribution < 1.29 is 9.53 Å². The number of amides is 1. The number of anilines is 2. The van der Waals surface area contributed by atoms with E-state index < -0.39 is 0 Å². The van der Waals surface area contributed by atoms with Crippen LogP contribution >= 0.6 is 0 Å². The Morgan fingerprint density at radius 1 is 0.833 bits per heavy atom. The van der Waals surface area contributed by atoms with Gasteiger partial charge in [-0.25, -0.2) is 4.98 Å². The van der Waals surface area contributed by atoms with Crippen LogP contribution in [0.5, 0.6) is 11.5 Å². The molecule has 0 saturated heterocycles. The summed E-state index contributed by atoms with van der Waals surface area (Å²) in [7, 11) is 3.99. The number of benzene rings is 3. The third-order valence-corrected chi connectivity index (χ3v) is 6.51. The van der Waals surface area contributed by atoms with E-state index in [0.717, 1.165) is 42.4 Å². The van der Waals surface area contributed by atoms with E-state index in [4.69, 9.17) is 14.7 Å². The van der Waals surface area contributed by atoms with Crippen LogP contribution in [0.3, 0.4) is 0 Å². The molecule has 4 aromatic rings. The topological polar surface area (TPSA) is 79.4 Å². The van der Waals surface area contributed by atoms with Crippen LogP contribution in [0.4, 0.5) is 11.8 Å². The van der Waals surface area contributed by atoms with E-state index in [0.29, 0.717) is 23.0 Å². The highest BCUT2D eigenvalue weighted by Gasteiger charge is 2.25. The number of para-hydroxylation sites is 3. The normalized spacial score (nSPS) is 17.4. The number of fused-ring (bicyclic) bond motifs is 1. The Balaban J connectivity index is 1.20. The van der Waals surface area contributed by atoms with Crippen LogP contribution in [0.1, 0.15) is 36.0 Å². The molecule has 7 nitrogen and oxygen atoms in total. The lowest BCUT2D eigenvalue weighted by Gasteiger charge is -2.30. The van der Waals surface area contributed by atoms with E-state index in [2.05, 4.69) is 10.6 Å². The van der Waals surface area contributed by atoms with Gasteiger partial charge in [-0.3, -0.25) is 4.79 Å². The number of aromatic nitrogens is 2. The summed E-state index contributed by atoms with van der Waals surface area (Å²) in [6.45, 7) is 0. The average Bonchev–Trinajstić information content (AvgIpc) is 2.90. The molecule has 0 bridgehead atoms. The third kappa shape index (κ3) is 5.40. The summed E-state index contributed by atoms with van der Waals surface area (Å²) in [5, 5.41) is 7.78. The van der Waals surface area contributed by atoms with Crippen molar-refractivity contribution in [1.82, 2.24) is 15.3 Å². The molecule has 3 aromatic carbocycles. The van der Waals surface area contributed by atoms with Gasteiger partial charge in [-0.05, 0) is 62.1 Å². The molecule has 184 valence electrons. The lowest BCUT2D eigenvalue weighted by Crippen LogP contribution is -2.40. The van der Waals surface area contributed by atoms with Gasteiger partial charge in [0.05, 0.1) is 11.1 Å². The van der Waals surface area contributed by atoms with E-state index in [-0.39, 0.29) is 18.0 Å². The van der Waals surface area contributed by atoms with Gasteiger partial charge < -0.3 is 20.3 Å². The van der Waals surface area contributed by atoms with Crippen molar-refractivity contribution in [1.29, 1.82) is 0 Å². The quantitative estimate of drug-likeness (QED) is 0.356. The van der Waals surface area contributed by atoms with Crippen molar-refractivity contribution in [2.45, 2.75) is 37.8 Å². The lowest BCUT2D eigenvalue weighted by molar-refractivity contribution is 0.0924. The summed E-state index contributed by atoms with van der Waals surface area (Å²) in [5.74, 6) is 2.71. The highest BCUT2D eigenvalue weighted by molar-refractivity contribution is 5.97. The van der Waals surface area contributed by atoms with Gasteiger partial charge in [0.25, 0.3) is 5.91 Å². The highest BCUT2D eigenvalue weighted by atomic mass is 16.5. The van der Waals surface area contributed by atoms with E-state index in [1.807, 2.05) is 91.8 Å². The zero-order chi connectivity index (χ0) is 24.9. The van der Waals surface area contributed by atoms with E-state index >= 15 is 0 Å². The fourth-order valence-corrected chi connectivity index (χ4v) is 4.65. The second-order valence-electron chi connectivity index (χ2n) is 9.36. The summed E-state index contributed by atoms with van der Waals surface area (Å²) < 4.78 is 5.97. The van der Waals surface area contributed by atoms with Crippen molar-refractivity contribution in [3.8, 4) is 11.5 Å². The number of hydrogen-bond acceptors (Lipinski definition) is 6. The maximum atomic E-state index is 13.1. The monoisotopic (exact) mass is 481 g/mol. The third-order valence-electron chi connectivity index (χ3n) is 6.51. The minimum atomic E-state index is -0.105. The van der Waals surface area contributed by atoms with Crippen molar-refractivity contribution in [2.24, 2.45) is 0 Å². The van der Waals surface area contributed by atoms with Gasteiger partial charge in [0.15, 0.2) is 0 Å². The molecular formula is C29H31N5O2. The molecule has 0 radical (unpaired) electrons. The Labute approximate surface area is 211 Å². The van der Waals surface area contributed by atoms with Crippen LogP contribution in [0.2, 0.25) is 0 Å². The fourth-order valence-electron chi connectivity index (χ4n) is 4.65. The average molecular weight is 482 g/mol. The molecule has 5 rings (SSSR count). The molecule has 0 spiro atoms. The summed E-state index contributed by atoms with van der Waals surface area (Å²) in [6, 6.07) is 25.3. The minimum Gasteiger partial charge on any atom is -0.457 e. The van der Waals surface area contributed by atoms with Crippen molar-refractivity contribution in [3.63, 3.8) is 0 Å². The molecule has 1 aliphatic carbocycles. The lowest BCUT2D eigenvalue weighted by atomic mass is 9.91. The fraction of sp³-hybridized carbons (Fsp3) is 0.276. The maximum Gasteiger partial charge on any atom is 0.255 e. The smallest absolute Gasteiger partial charge is 0.255 e. The molecule has 36 heavy (non-hydrogen) atoms. The minimum absolute atomic E-state index is 0.105. The van der Waals surface area contributed by atoms with Gasteiger partial charge in [-0.2, -0.15) is 4.98 Å². The van der Waals surface area contributed by atoms with Crippen molar-refractivity contribution in [3.05, 3.63) is 84.4 Å². The van der Waals surface area contributed by atoms with Gasteiger partial charge in [-0.15, -0.1) is 0 Å². The first-order valence-electron chi connectivity index (χ1n) is 12.4. The Morgan fingerprint density at radius 2 is 1.50 bits per heavy atom. The number of carbonyl (C=O) groups excluding carboxylic acids is 1. The SMILES string of the molecule is CN(C)c1nc(NC2CCC(NC(=O)c3ccccc3Oc3ccccc3)CC2)nc2ccccc12. The zero-order valence-corrected chi connectivity index (χ0v) is 20.6. The Bertz CT molecular complexity index is 1330. The summed E-state index contributed by atoms with van der Waals surface area (Å²) in [5.41, 5.74) is 1.47. The summed E-state index contributed by atoms with van der Waals surface area (Å²) in [6.07, 6.45) is 3.64. The molecule has 1 aromatic heterocycles. The zero-order valence-electron chi connectivity index (χ0n) is 20.6. The van der Waals surface area contributed by atoms with Gasteiger partial charge in [-0.1, -0.05) is 42.5 Å². The molecule has 0 atom stereocenters. The maximum absolute atomic E-state index is 13.1. The number of rotatable bonds is 7. The standard InChI is InChI=1S/C29H31N5O2/c1-34(2)27-23-12-6-8-14-25(23)32-29(33-27)31-21-18-16-20(17-19-21)30-28(35)24-13-7-9-15-26(24)36-22-10-4-3-5-11-22/h3-15,20-21H,16-19H2,1-2H3,(H,30,35)(H,31,32,33). The second kappa shape index (κ2) is 10.6. The Kier molecular flexibility index (Phi) is 6.98. The Hall–Kier alpha value is -4.13. The van der Waals surface area contributed by atoms with E-state index in [1.54, 1.807) is 6.07 Å². The van der Waals surface area contributed by atoms with E-state index in [1.165, 1.54) is 0 Å². The molecule has 7 heteroatoms. The van der Waals surface area contributed by atoms with Crippen molar-refractivity contribution >= 4 is 28.6 Å². The van der Waals surface area contributed by atoms with Crippen LogP contribution in [-0.2, 0) is 0 Å². The molecule has 2 N–H and O–H groups in total. The molecule has 1 saturated carbocycles. The molecule has 1 aliphatic rings. The van der Waals surface area contributed by atoms with Gasteiger partial charge in [0.1, 0.15) is 17.3 Å². The van der Waals surface area contributed by atoms with Gasteiger partial charge in [0.2, 0.25) is 5.95 Å². The van der Waals surface area contributed by atoms with Crippen LogP contribution < -0.4 is 20.3 Å². The van der Waals surface area contributed by atoms with Crippen LogP contribution in [0, 0.1) is 0 Å². The second-order valence-corrected chi connectivity index (χ2v) is 9.36. The molecule has 0 unspecified atom stereocenters. The summed E-state index contributed by atoms with van der Waals surface area (Å²) >= 11 is 0. The van der Waals surface area contributed by atoms with E-state index in [9.17, 15) is 4.79 Å². The number of hydrogen-bond donors (Lipinski definition) is 2. The predicted octanol–water partition coefficient (Wildman–Crippen LogP) is 5.64. The number of nitrogens with one attached hydrogen (secondary N) is 2. The summed E-state index contributed by atoms with van der Waals surface area (Å²) in [4.78, 5) is 24.6. The molecule has 1 fully saturated rings. The number of carbonyl (C=O) groups is 1. The van der Waals surface area contributed by atoms with Crippen LogP contribution in [0.25, 0.3) is 10.9 Å². The van der Waals surface area contributed by atoms with Crippen molar-refractivity contribution in [2.75, 3.05) is 24.3 Å². The molecular weight excluding hydrogens is 450 g/mol. The van der Waals surface area contributed by atoms with Gasteiger partial charge in [0, 0.05) is 31.6 Å². The predicted molar refractivity (Wildman–Crippen MR) is 144 cm³/mol. The molecule has 1 heterocycles. The number of nitrogens with zero attached hydrogens (tertiary/aromatic N) is 3. The first kappa shape index (κ1) is 23.6. The largest absolute Gasteiger partial charge is 0.457 e. The Morgan fingerprint density at radius 3 is 2.28 bits per heavy atom.